The highest BCUT2D eigenvalue weighted by Crippen LogP contribution is 2.39. The third-order valence-corrected chi connectivity index (χ3v) is 5.45. The van der Waals surface area contributed by atoms with Crippen molar-refractivity contribution < 1.29 is 4.79 Å². The first-order valence-electron chi connectivity index (χ1n) is 8.80. The summed E-state index contributed by atoms with van der Waals surface area (Å²) in [4.78, 5) is 15.2. The van der Waals surface area contributed by atoms with Crippen LogP contribution in [0.4, 0.5) is 0 Å². The van der Waals surface area contributed by atoms with Gasteiger partial charge >= 0.3 is 0 Å². The first-order valence-corrected chi connectivity index (χ1v) is 9.17. The molecule has 0 saturated heterocycles. The molecule has 1 aliphatic heterocycles. The van der Waals surface area contributed by atoms with E-state index in [1.165, 1.54) is 11.1 Å². The maximum absolute atomic E-state index is 13.1. The summed E-state index contributed by atoms with van der Waals surface area (Å²) in [7, 11) is 0. The van der Waals surface area contributed by atoms with Crippen molar-refractivity contribution in [1.29, 1.82) is 0 Å². The lowest BCUT2D eigenvalue weighted by Crippen LogP contribution is -2.43. The predicted molar refractivity (Wildman–Crippen MR) is 99.2 cm³/mol. The van der Waals surface area contributed by atoms with Crippen LogP contribution in [-0.4, -0.2) is 17.4 Å². The molecule has 0 aromatic heterocycles. The SMILES string of the molecule is CCC(CC)C(=O)N1CCc2ccccc2C1c1ccccc1Cl. The van der Waals surface area contributed by atoms with E-state index < -0.39 is 0 Å². The molecule has 2 aromatic rings. The van der Waals surface area contributed by atoms with Crippen molar-refractivity contribution in [2.24, 2.45) is 5.92 Å². The standard InChI is InChI=1S/C21H24ClNO/c1-3-15(4-2)21(24)23-14-13-16-9-5-6-10-17(16)20(23)18-11-7-8-12-19(18)22/h5-12,15,20H,3-4,13-14H2,1-2H3. The van der Waals surface area contributed by atoms with Crippen LogP contribution in [0, 0.1) is 5.92 Å². The van der Waals surface area contributed by atoms with Gasteiger partial charge in [-0.1, -0.05) is 67.9 Å². The van der Waals surface area contributed by atoms with Gasteiger partial charge in [0.15, 0.2) is 0 Å². The topological polar surface area (TPSA) is 20.3 Å². The average molecular weight is 342 g/mol. The minimum absolute atomic E-state index is 0.0836. The summed E-state index contributed by atoms with van der Waals surface area (Å²) in [6, 6.07) is 16.2. The van der Waals surface area contributed by atoms with Crippen molar-refractivity contribution in [2.45, 2.75) is 39.2 Å². The molecule has 0 saturated carbocycles. The van der Waals surface area contributed by atoms with Crippen LogP contribution in [0.1, 0.15) is 49.4 Å². The number of benzene rings is 2. The largest absolute Gasteiger partial charge is 0.331 e. The Hall–Kier alpha value is -1.80. The Morgan fingerprint density at radius 1 is 1.08 bits per heavy atom. The summed E-state index contributed by atoms with van der Waals surface area (Å²) in [5, 5.41) is 0.724. The second-order valence-corrected chi connectivity index (χ2v) is 6.83. The van der Waals surface area contributed by atoms with Crippen LogP contribution in [0.5, 0.6) is 0 Å². The van der Waals surface area contributed by atoms with E-state index in [1.807, 2.05) is 35.2 Å². The normalized spacial score (nSPS) is 17.0. The van der Waals surface area contributed by atoms with E-state index in [1.54, 1.807) is 0 Å². The van der Waals surface area contributed by atoms with Gasteiger partial charge in [-0.05, 0) is 42.0 Å². The Morgan fingerprint density at radius 2 is 1.71 bits per heavy atom. The molecule has 0 spiro atoms. The molecule has 24 heavy (non-hydrogen) atoms. The zero-order chi connectivity index (χ0) is 17.1. The van der Waals surface area contributed by atoms with Crippen molar-refractivity contribution in [1.82, 2.24) is 4.90 Å². The van der Waals surface area contributed by atoms with Crippen molar-refractivity contribution in [3.05, 3.63) is 70.2 Å². The minimum Gasteiger partial charge on any atom is -0.331 e. The van der Waals surface area contributed by atoms with Crippen molar-refractivity contribution in [3.63, 3.8) is 0 Å². The third-order valence-electron chi connectivity index (χ3n) is 5.10. The van der Waals surface area contributed by atoms with Gasteiger partial charge < -0.3 is 4.90 Å². The fourth-order valence-electron chi connectivity index (χ4n) is 3.71. The lowest BCUT2D eigenvalue weighted by molar-refractivity contribution is -0.137. The number of rotatable bonds is 4. The molecule has 2 aromatic carbocycles. The molecule has 0 radical (unpaired) electrons. The van der Waals surface area contributed by atoms with Gasteiger partial charge in [0.05, 0.1) is 6.04 Å². The second kappa shape index (κ2) is 7.40. The summed E-state index contributed by atoms with van der Waals surface area (Å²) in [5.41, 5.74) is 3.54. The first-order chi connectivity index (χ1) is 11.7. The number of fused-ring (bicyclic) bond motifs is 1. The Bertz CT molecular complexity index is 723. The molecule has 0 fully saturated rings. The second-order valence-electron chi connectivity index (χ2n) is 6.42. The lowest BCUT2D eigenvalue weighted by Gasteiger charge is -2.39. The van der Waals surface area contributed by atoms with Crippen molar-refractivity contribution in [3.8, 4) is 0 Å². The van der Waals surface area contributed by atoms with Gasteiger partial charge in [-0.2, -0.15) is 0 Å². The molecule has 1 aliphatic rings. The molecule has 2 nitrogen and oxygen atoms in total. The van der Waals surface area contributed by atoms with E-state index in [0.29, 0.717) is 0 Å². The molecule has 3 heteroatoms. The van der Waals surface area contributed by atoms with Gasteiger partial charge in [0.2, 0.25) is 5.91 Å². The maximum Gasteiger partial charge on any atom is 0.226 e. The Labute approximate surface area is 149 Å². The number of hydrogen-bond donors (Lipinski definition) is 0. The molecule has 0 aliphatic carbocycles. The Kier molecular flexibility index (Phi) is 5.25. The third kappa shape index (κ3) is 3.08. The molecule has 0 bridgehead atoms. The van der Waals surface area contributed by atoms with Crippen LogP contribution >= 0.6 is 11.6 Å². The van der Waals surface area contributed by atoms with Gasteiger partial charge in [0.1, 0.15) is 0 Å². The van der Waals surface area contributed by atoms with Gasteiger partial charge in [-0.25, -0.2) is 0 Å². The average Bonchev–Trinajstić information content (AvgIpc) is 2.62. The fraction of sp³-hybridized carbons (Fsp3) is 0.381. The molecular weight excluding hydrogens is 318 g/mol. The summed E-state index contributed by atoms with van der Waals surface area (Å²) >= 11 is 6.50. The van der Waals surface area contributed by atoms with Gasteiger partial charge in [0.25, 0.3) is 0 Å². The summed E-state index contributed by atoms with van der Waals surface area (Å²) in [6.45, 7) is 4.94. The predicted octanol–water partition coefficient (Wildman–Crippen LogP) is 5.25. The minimum atomic E-state index is -0.0863. The molecule has 1 atom stereocenters. The quantitative estimate of drug-likeness (QED) is 0.743. The summed E-state index contributed by atoms with van der Waals surface area (Å²) in [5.74, 6) is 0.333. The van der Waals surface area contributed by atoms with E-state index in [-0.39, 0.29) is 17.9 Å². The highest BCUT2D eigenvalue weighted by Gasteiger charge is 2.34. The lowest BCUT2D eigenvalue weighted by atomic mass is 9.86. The number of nitrogens with zero attached hydrogens (tertiary/aromatic N) is 1. The van der Waals surface area contributed by atoms with Gasteiger partial charge in [0, 0.05) is 17.5 Å². The fourth-order valence-corrected chi connectivity index (χ4v) is 3.95. The molecule has 1 heterocycles. The van der Waals surface area contributed by atoms with Crippen LogP contribution in [0.15, 0.2) is 48.5 Å². The summed E-state index contributed by atoms with van der Waals surface area (Å²) in [6.07, 6.45) is 2.66. The molecule has 0 N–H and O–H groups in total. The molecule has 3 rings (SSSR count). The highest BCUT2D eigenvalue weighted by atomic mass is 35.5. The van der Waals surface area contributed by atoms with Gasteiger partial charge in [-0.15, -0.1) is 0 Å². The van der Waals surface area contributed by atoms with Crippen molar-refractivity contribution >= 4 is 17.5 Å². The van der Waals surface area contributed by atoms with E-state index >= 15 is 0 Å². The smallest absolute Gasteiger partial charge is 0.226 e. The number of halogens is 1. The zero-order valence-electron chi connectivity index (χ0n) is 14.3. The molecule has 126 valence electrons. The Balaban J connectivity index is 2.09. The first kappa shape index (κ1) is 17.0. The van der Waals surface area contributed by atoms with Gasteiger partial charge in [-0.3, -0.25) is 4.79 Å². The molecule has 1 unspecified atom stereocenters. The monoisotopic (exact) mass is 341 g/mol. The number of amides is 1. The van der Waals surface area contributed by atoms with E-state index in [0.717, 1.165) is 36.4 Å². The van der Waals surface area contributed by atoms with Crippen LogP contribution < -0.4 is 0 Å². The zero-order valence-corrected chi connectivity index (χ0v) is 15.1. The van der Waals surface area contributed by atoms with E-state index in [4.69, 9.17) is 11.6 Å². The number of carbonyl (C=O) groups excluding carboxylic acids is 1. The van der Waals surface area contributed by atoms with Crippen molar-refractivity contribution in [2.75, 3.05) is 6.54 Å². The van der Waals surface area contributed by atoms with Crippen LogP contribution in [-0.2, 0) is 11.2 Å². The molecule has 1 amide bonds. The number of hydrogen-bond acceptors (Lipinski definition) is 1. The van der Waals surface area contributed by atoms with Crippen LogP contribution in [0.25, 0.3) is 0 Å². The van der Waals surface area contributed by atoms with Crippen LogP contribution in [0.2, 0.25) is 5.02 Å². The maximum atomic E-state index is 13.1. The van der Waals surface area contributed by atoms with E-state index in [9.17, 15) is 4.79 Å². The van der Waals surface area contributed by atoms with E-state index in [2.05, 4.69) is 32.0 Å². The highest BCUT2D eigenvalue weighted by molar-refractivity contribution is 6.31. The van der Waals surface area contributed by atoms with Crippen LogP contribution in [0.3, 0.4) is 0 Å². The summed E-state index contributed by atoms with van der Waals surface area (Å²) < 4.78 is 0. The molecular formula is C21H24ClNO. The number of carbonyl (C=O) groups is 1. The Morgan fingerprint density at radius 3 is 2.38 bits per heavy atom.